The van der Waals surface area contributed by atoms with Crippen molar-refractivity contribution in [2.75, 3.05) is 13.4 Å². The molecule has 7 nitrogen and oxygen atoms in total. The fourth-order valence-electron chi connectivity index (χ4n) is 4.38. The van der Waals surface area contributed by atoms with Crippen LogP contribution in [0.25, 0.3) is 0 Å². The van der Waals surface area contributed by atoms with Crippen molar-refractivity contribution < 1.29 is 27.1 Å². The van der Waals surface area contributed by atoms with Crippen molar-refractivity contribution in [1.82, 2.24) is 5.01 Å². The van der Waals surface area contributed by atoms with Crippen LogP contribution < -0.4 is 9.47 Å². The van der Waals surface area contributed by atoms with Gasteiger partial charge in [-0.25, -0.2) is 17.8 Å². The second kappa shape index (κ2) is 11.8. The van der Waals surface area contributed by atoms with Gasteiger partial charge in [0.15, 0.2) is 21.3 Å². The zero-order chi connectivity index (χ0) is 29.1. The first-order chi connectivity index (χ1) is 19.7. The lowest BCUT2D eigenvalue weighted by Gasteiger charge is -2.24. The van der Waals surface area contributed by atoms with Crippen LogP contribution >= 0.6 is 11.8 Å². The van der Waals surface area contributed by atoms with Gasteiger partial charge in [0.05, 0.1) is 12.0 Å². The lowest BCUT2D eigenvalue weighted by atomic mass is 10.1. The van der Waals surface area contributed by atoms with Gasteiger partial charge >= 0.3 is 0 Å². The molecule has 1 heterocycles. The zero-order valence-corrected chi connectivity index (χ0v) is 24.2. The summed E-state index contributed by atoms with van der Waals surface area (Å²) in [6, 6.07) is 25.2. The molecule has 1 unspecified atom stereocenters. The van der Waals surface area contributed by atoms with Gasteiger partial charge in [0.2, 0.25) is 0 Å². The van der Waals surface area contributed by atoms with Crippen molar-refractivity contribution in [3.05, 3.63) is 125 Å². The molecule has 0 radical (unpaired) electrons. The van der Waals surface area contributed by atoms with Gasteiger partial charge in [0.1, 0.15) is 22.8 Å². The van der Waals surface area contributed by atoms with Crippen molar-refractivity contribution in [1.29, 1.82) is 0 Å². The van der Waals surface area contributed by atoms with E-state index in [0.717, 1.165) is 17.4 Å². The Hall–Kier alpha value is -4.15. The van der Waals surface area contributed by atoms with E-state index in [1.54, 1.807) is 54.6 Å². The van der Waals surface area contributed by atoms with Crippen molar-refractivity contribution in [2.24, 2.45) is 5.10 Å². The molecule has 4 aromatic rings. The SMILES string of the molecule is COc1c(OCc2ccc(S(C)(=O)=O)cc2)cccc1C1SC(c2ccc(F)cc2)=NN1C(=O)c1ccccc1C. The number of hydrazone groups is 1. The van der Waals surface area contributed by atoms with Crippen LogP contribution in [-0.2, 0) is 16.4 Å². The van der Waals surface area contributed by atoms with E-state index in [-0.39, 0.29) is 23.2 Å². The summed E-state index contributed by atoms with van der Waals surface area (Å²) in [6.45, 7) is 2.04. The van der Waals surface area contributed by atoms with Crippen LogP contribution in [0.1, 0.15) is 38.0 Å². The highest BCUT2D eigenvalue weighted by atomic mass is 32.2. The molecule has 1 atom stereocenters. The van der Waals surface area contributed by atoms with Crippen LogP contribution in [-0.4, -0.2) is 37.7 Å². The summed E-state index contributed by atoms with van der Waals surface area (Å²) in [6.07, 6.45) is 1.16. The topological polar surface area (TPSA) is 85.3 Å². The molecule has 0 saturated heterocycles. The number of para-hydroxylation sites is 1. The number of sulfone groups is 1. The number of amides is 1. The van der Waals surface area contributed by atoms with Gasteiger partial charge in [0, 0.05) is 22.9 Å². The molecule has 1 amide bonds. The monoisotopic (exact) mass is 590 g/mol. The van der Waals surface area contributed by atoms with E-state index in [1.807, 2.05) is 31.2 Å². The number of hydrogen-bond donors (Lipinski definition) is 0. The molecule has 210 valence electrons. The normalized spacial score (nSPS) is 15.0. The third-order valence-corrected chi connectivity index (χ3v) is 8.89. The fourth-order valence-corrected chi connectivity index (χ4v) is 6.19. The molecule has 0 N–H and O–H groups in total. The molecular formula is C31H27FN2O5S2. The molecular weight excluding hydrogens is 563 g/mol. The van der Waals surface area contributed by atoms with Crippen LogP contribution in [0.15, 0.2) is 101 Å². The van der Waals surface area contributed by atoms with E-state index >= 15 is 0 Å². The average molecular weight is 591 g/mol. The lowest BCUT2D eigenvalue weighted by molar-refractivity contribution is 0.0747. The van der Waals surface area contributed by atoms with Crippen LogP contribution in [0.3, 0.4) is 0 Å². The van der Waals surface area contributed by atoms with E-state index in [1.165, 1.54) is 36.0 Å². The molecule has 41 heavy (non-hydrogen) atoms. The Morgan fingerprint density at radius 1 is 0.976 bits per heavy atom. The number of thioether (sulfide) groups is 1. The van der Waals surface area contributed by atoms with Gasteiger partial charge < -0.3 is 9.47 Å². The summed E-state index contributed by atoms with van der Waals surface area (Å²) < 4.78 is 49.1. The maximum Gasteiger partial charge on any atom is 0.275 e. The van der Waals surface area contributed by atoms with E-state index < -0.39 is 15.2 Å². The minimum absolute atomic E-state index is 0.171. The number of benzene rings is 4. The first-order valence-electron chi connectivity index (χ1n) is 12.6. The molecule has 0 fully saturated rings. The first-order valence-corrected chi connectivity index (χ1v) is 15.4. The summed E-state index contributed by atoms with van der Waals surface area (Å²) in [4.78, 5) is 14.0. The summed E-state index contributed by atoms with van der Waals surface area (Å²) >= 11 is 1.36. The molecule has 0 aliphatic carbocycles. The number of carbonyl (C=O) groups is 1. The van der Waals surface area contributed by atoms with Crippen molar-refractivity contribution in [3.63, 3.8) is 0 Å². The van der Waals surface area contributed by atoms with E-state index in [4.69, 9.17) is 9.47 Å². The Morgan fingerprint density at radius 3 is 2.34 bits per heavy atom. The minimum atomic E-state index is -3.30. The number of ether oxygens (including phenoxy) is 2. The Labute approximate surface area is 242 Å². The van der Waals surface area contributed by atoms with Gasteiger partial charge in [-0.15, -0.1) is 0 Å². The molecule has 0 saturated carbocycles. The van der Waals surface area contributed by atoms with E-state index in [9.17, 15) is 17.6 Å². The van der Waals surface area contributed by atoms with Crippen molar-refractivity contribution in [3.8, 4) is 11.5 Å². The Balaban J connectivity index is 1.48. The highest BCUT2D eigenvalue weighted by Gasteiger charge is 2.37. The maximum absolute atomic E-state index is 13.8. The highest BCUT2D eigenvalue weighted by Crippen LogP contribution is 2.47. The van der Waals surface area contributed by atoms with Gasteiger partial charge in [0.25, 0.3) is 5.91 Å². The van der Waals surface area contributed by atoms with Crippen LogP contribution in [0, 0.1) is 12.7 Å². The standard InChI is InChI=1S/C31H27FN2O5S2/c1-20-7-4-5-8-25(20)30(35)34-31(40-29(33-34)22-13-15-23(32)16-14-22)26-9-6-10-27(28(26)38-2)39-19-21-11-17-24(18-12-21)41(3,36)37/h4-18,31H,19H2,1-3H3. The fraction of sp³-hybridized carbons (Fsp3) is 0.161. The molecule has 1 aliphatic rings. The maximum atomic E-state index is 13.8. The largest absolute Gasteiger partial charge is 0.492 e. The summed E-state index contributed by atoms with van der Waals surface area (Å²) in [5.41, 5.74) is 3.47. The number of aryl methyl sites for hydroxylation is 1. The second-order valence-electron chi connectivity index (χ2n) is 9.43. The number of halogens is 1. The van der Waals surface area contributed by atoms with Crippen LogP contribution in [0.4, 0.5) is 4.39 Å². The van der Waals surface area contributed by atoms with E-state index in [0.29, 0.717) is 33.2 Å². The number of rotatable bonds is 8. The average Bonchev–Trinajstić information content (AvgIpc) is 3.41. The smallest absolute Gasteiger partial charge is 0.275 e. The second-order valence-corrected chi connectivity index (χ2v) is 12.5. The summed E-state index contributed by atoms with van der Waals surface area (Å²) in [5, 5.41) is 6.09. The third kappa shape index (κ3) is 6.13. The first kappa shape index (κ1) is 28.4. The van der Waals surface area contributed by atoms with Gasteiger partial charge in [-0.2, -0.15) is 5.10 Å². The van der Waals surface area contributed by atoms with E-state index in [2.05, 4.69) is 5.10 Å². The molecule has 4 aromatic carbocycles. The van der Waals surface area contributed by atoms with Gasteiger partial charge in [-0.05, 0) is 66.6 Å². The third-order valence-electron chi connectivity index (χ3n) is 6.54. The lowest BCUT2D eigenvalue weighted by Crippen LogP contribution is -2.27. The number of hydrogen-bond acceptors (Lipinski definition) is 7. The molecule has 5 rings (SSSR count). The zero-order valence-electron chi connectivity index (χ0n) is 22.6. The predicted octanol–water partition coefficient (Wildman–Crippen LogP) is 6.37. The summed E-state index contributed by atoms with van der Waals surface area (Å²) in [7, 11) is -1.77. The van der Waals surface area contributed by atoms with Crippen LogP contribution in [0.2, 0.25) is 0 Å². The Bertz CT molecular complexity index is 1720. The number of nitrogens with zero attached hydrogens (tertiary/aromatic N) is 2. The van der Waals surface area contributed by atoms with Gasteiger partial charge in [-0.1, -0.05) is 54.2 Å². The molecule has 1 aliphatic heterocycles. The molecule has 10 heteroatoms. The van der Waals surface area contributed by atoms with Crippen molar-refractivity contribution in [2.45, 2.75) is 23.8 Å². The Morgan fingerprint density at radius 2 is 1.68 bits per heavy atom. The number of carbonyl (C=O) groups excluding carboxylic acids is 1. The predicted molar refractivity (Wildman–Crippen MR) is 157 cm³/mol. The molecule has 0 aromatic heterocycles. The van der Waals surface area contributed by atoms with Crippen molar-refractivity contribution >= 4 is 32.6 Å². The van der Waals surface area contributed by atoms with Crippen LogP contribution in [0.5, 0.6) is 11.5 Å². The number of methoxy groups -OCH3 is 1. The molecule has 0 bridgehead atoms. The quantitative estimate of drug-likeness (QED) is 0.237. The Kier molecular flexibility index (Phi) is 8.14. The minimum Gasteiger partial charge on any atom is -0.492 e. The highest BCUT2D eigenvalue weighted by molar-refractivity contribution is 8.14. The summed E-state index contributed by atoms with van der Waals surface area (Å²) in [5.74, 6) is 0.253. The van der Waals surface area contributed by atoms with Gasteiger partial charge in [-0.3, -0.25) is 4.79 Å². The molecule has 0 spiro atoms.